The van der Waals surface area contributed by atoms with E-state index in [0.29, 0.717) is 30.3 Å². The monoisotopic (exact) mass is 474 g/mol. The number of benzene rings is 2. The highest BCUT2D eigenvalue weighted by atomic mass is 19.1. The molecular formula is C26H24F2N6O. The molecule has 3 heterocycles. The van der Waals surface area contributed by atoms with Crippen LogP contribution in [0.4, 0.5) is 13.6 Å². The number of hydrogen-bond donors (Lipinski definition) is 1. The number of amides is 2. The van der Waals surface area contributed by atoms with Gasteiger partial charge in [-0.25, -0.2) is 28.2 Å². The molecule has 0 spiro atoms. The molecule has 2 aromatic carbocycles. The van der Waals surface area contributed by atoms with E-state index < -0.39 is 0 Å². The number of likely N-dealkylation sites (tertiary alicyclic amines) is 1. The number of urea groups is 1. The van der Waals surface area contributed by atoms with Crippen molar-refractivity contribution in [2.24, 2.45) is 0 Å². The van der Waals surface area contributed by atoms with E-state index in [4.69, 9.17) is 5.10 Å². The van der Waals surface area contributed by atoms with Gasteiger partial charge >= 0.3 is 6.03 Å². The fourth-order valence-electron chi connectivity index (χ4n) is 4.35. The van der Waals surface area contributed by atoms with Crippen molar-refractivity contribution in [3.05, 3.63) is 95.9 Å². The average molecular weight is 475 g/mol. The Hall–Kier alpha value is -4.14. The maximum absolute atomic E-state index is 13.4. The Balaban J connectivity index is 1.38. The Morgan fingerprint density at radius 3 is 2.57 bits per heavy atom. The summed E-state index contributed by atoms with van der Waals surface area (Å²) in [6.07, 6.45) is 5.00. The molecule has 1 unspecified atom stereocenters. The third kappa shape index (κ3) is 5.18. The second-order valence-electron chi connectivity index (χ2n) is 8.50. The van der Waals surface area contributed by atoms with Crippen molar-refractivity contribution in [1.29, 1.82) is 0 Å². The molecule has 4 aromatic rings. The predicted octanol–water partition coefficient (Wildman–Crippen LogP) is 4.70. The smallest absolute Gasteiger partial charge is 0.317 e. The van der Waals surface area contributed by atoms with Gasteiger partial charge in [0.15, 0.2) is 0 Å². The summed E-state index contributed by atoms with van der Waals surface area (Å²) in [7, 11) is 0. The number of halogens is 2. The molecule has 1 fully saturated rings. The zero-order chi connectivity index (χ0) is 24.2. The molecule has 9 heteroatoms. The van der Waals surface area contributed by atoms with E-state index in [0.717, 1.165) is 24.1 Å². The second kappa shape index (κ2) is 10.0. The molecule has 1 aliphatic rings. The maximum Gasteiger partial charge on any atom is 0.317 e. The molecular weight excluding hydrogens is 450 g/mol. The fraction of sp³-hybridized carbons (Fsp3) is 0.231. The van der Waals surface area contributed by atoms with Crippen molar-refractivity contribution in [1.82, 2.24) is 30.0 Å². The molecule has 5 rings (SSSR count). The first-order valence-corrected chi connectivity index (χ1v) is 11.5. The molecule has 0 bridgehead atoms. The van der Waals surface area contributed by atoms with Crippen LogP contribution in [-0.4, -0.2) is 43.8 Å². The van der Waals surface area contributed by atoms with Crippen LogP contribution in [0.2, 0.25) is 0 Å². The van der Waals surface area contributed by atoms with Crippen LogP contribution in [0.3, 0.4) is 0 Å². The van der Waals surface area contributed by atoms with Crippen LogP contribution in [0.25, 0.3) is 17.2 Å². The van der Waals surface area contributed by atoms with Crippen molar-refractivity contribution >= 4 is 6.03 Å². The molecule has 0 saturated carbocycles. The van der Waals surface area contributed by atoms with Gasteiger partial charge in [-0.05, 0) is 66.9 Å². The molecule has 35 heavy (non-hydrogen) atoms. The van der Waals surface area contributed by atoms with E-state index in [-0.39, 0.29) is 30.1 Å². The van der Waals surface area contributed by atoms with Crippen molar-refractivity contribution < 1.29 is 13.6 Å². The number of nitrogens with one attached hydrogen (secondary N) is 1. The van der Waals surface area contributed by atoms with Crippen LogP contribution in [0.1, 0.15) is 30.0 Å². The number of piperidine rings is 1. The first kappa shape index (κ1) is 22.6. The summed E-state index contributed by atoms with van der Waals surface area (Å²) in [4.78, 5) is 23.4. The van der Waals surface area contributed by atoms with E-state index in [1.54, 1.807) is 52.3 Å². The van der Waals surface area contributed by atoms with Crippen molar-refractivity contribution in [2.45, 2.75) is 25.3 Å². The zero-order valence-corrected chi connectivity index (χ0v) is 18.9. The summed E-state index contributed by atoms with van der Waals surface area (Å²) in [5, 5.41) is 7.61. The summed E-state index contributed by atoms with van der Waals surface area (Å²) in [5.74, 6) is -0.201. The molecule has 0 radical (unpaired) electrons. The number of nitrogens with zero attached hydrogens (tertiary/aromatic N) is 5. The highest BCUT2D eigenvalue weighted by molar-refractivity contribution is 5.74. The van der Waals surface area contributed by atoms with Crippen molar-refractivity contribution in [3.63, 3.8) is 0 Å². The van der Waals surface area contributed by atoms with Gasteiger partial charge in [0.25, 0.3) is 5.95 Å². The van der Waals surface area contributed by atoms with E-state index >= 15 is 0 Å². The van der Waals surface area contributed by atoms with E-state index in [2.05, 4.69) is 15.3 Å². The fourth-order valence-corrected chi connectivity index (χ4v) is 4.35. The van der Waals surface area contributed by atoms with Gasteiger partial charge in [-0.1, -0.05) is 12.1 Å². The number of rotatable bonds is 5. The quantitative estimate of drug-likeness (QED) is 0.455. The topological polar surface area (TPSA) is 75.9 Å². The minimum atomic E-state index is -0.330. The highest BCUT2D eigenvalue weighted by Gasteiger charge is 2.28. The zero-order valence-electron chi connectivity index (χ0n) is 18.9. The largest absolute Gasteiger partial charge is 0.334 e. The molecule has 2 aromatic heterocycles. The molecule has 1 atom stereocenters. The lowest BCUT2D eigenvalue weighted by molar-refractivity contribution is 0.178. The average Bonchev–Trinajstić information content (AvgIpc) is 3.34. The minimum absolute atomic E-state index is 0.00849. The molecule has 1 aliphatic heterocycles. The van der Waals surface area contributed by atoms with E-state index in [1.807, 2.05) is 6.07 Å². The van der Waals surface area contributed by atoms with Gasteiger partial charge in [-0.2, -0.15) is 5.10 Å². The molecule has 1 saturated heterocycles. The Morgan fingerprint density at radius 2 is 1.80 bits per heavy atom. The Kier molecular flexibility index (Phi) is 6.47. The number of hydrogen-bond acceptors (Lipinski definition) is 4. The summed E-state index contributed by atoms with van der Waals surface area (Å²) in [6, 6.07) is 15.9. The lowest BCUT2D eigenvalue weighted by atomic mass is 9.94. The standard InChI is InChI=1S/C26H24F2N6O/c27-21-9-7-19(8-10-21)23-15-24(34(32-23)25-29-11-3-12-30-25)20-5-2-13-33(17-20)26(35)31-16-18-4-1-6-22(28)14-18/h1,3-4,6-12,14-15,20H,2,5,13,16-17H2,(H,31,35). The van der Waals surface area contributed by atoms with Crippen LogP contribution in [0, 0.1) is 11.6 Å². The van der Waals surface area contributed by atoms with Gasteiger partial charge in [0.05, 0.1) is 11.4 Å². The first-order chi connectivity index (χ1) is 17.1. The maximum atomic E-state index is 13.4. The predicted molar refractivity (Wildman–Crippen MR) is 127 cm³/mol. The summed E-state index contributed by atoms with van der Waals surface area (Å²) in [6.45, 7) is 1.38. The normalized spacial score (nSPS) is 15.7. The Morgan fingerprint density at radius 1 is 1.00 bits per heavy atom. The van der Waals surface area contributed by atoms with E-state index in [9.17, 15) is 13.6 Å². The Bertz CT molecular complexity index is 1310. The molecule has 0 aliphatic carbocycles. The van der Waals surface area contributed by atoms with E-state index in [1.165, 1.54) is 24.3 Å². The van der Waals surface area contributed by atoms with Crippen LogP contribution < -0.4 is 5.32 Å². The van der Waals surface area contributed by atoms with Crippen molar-refractivity contribution in [2.75, 3.05) is 13.1 Å². The number of aromatic nitrogens is 4. The van der Waals surface area contributed by atoms with Crippen LogP contribution in [-0.2, 0) is 6.54 Å². The third-order valence-electron chi connectivity index (χ3n) is 6.08. The third-order valence-corrected chi connectivity index (χ3v) is 6.08. The summed E-state index contributed by atoms with van der Waals surface area (Å²) in [5.41, 5.74) is 3.05. The highest BCUT2D eigenvalue weighted by Crippen LogP contribution is 2.31. The van der Waals surface area contributed by atoms with Gasteiger partial charge in [0.2, 0.25) is 0 Å². The van der Waals surface area contributed by atoms with Gasteiger partial charge in [-0.15, -0.1) is 0 Å². The summed E-state index contributed by atoms with van der Waals surface area (Å²) < 4.78 is 28.6. The van der Waals surface area contributed by atoms with Crippen LogP contribution in [0.5, 0.6) is 0 Å². The molecule has 178 valence electrons. The van der Waals surface area contributed by atoms with Gasteiger partial charge in [0.1, 0.15) is 11.6 Å². The molecule has 1 N–H and O–H groups in total. The summed E-state index contributed by atoms with van der Waals surface area (Å²) >= 11 is 0. The molecule has 2 amide bonds. The number of carbonyl (C=O) groups is 1. The minimum Gasteiger partial charge on any atom is -0.334 e. The van der Waals surface area contributed by atoms with Crippen LogP contribution in [0.15, 0.2) is 73.1 Å². The molecule has 7 nitrogen and oxygen atoms in total. The first-order valence-electron chi connectivity index (χ1n) is 11.5. The van der Waals surface area contributed by atoms with Crippen LogP contribution >= 0.6 is 0 Å². The van der Waals surface area contributed by atoms with Gasteiger partial charge < -0.3 is 10.2 Å². The SMILES string of the molecule is O=C(NCc1cccc(F)c1)N1CCCC(c2cc(-c3ccc(F)cc3)nn2-c2ncccn2)C1. The van der Waals surface area contributed by atoms with Gasteiger partial charge in [0, 0.05) is 43.5 Å². The van der Waals surface area contributed by atoms with Crippen molar-refractivity contribution in [3.8, 4) is 17.2 Å². The van der Waals surface area contributed by atoms with Gasteiger partial charge in [-0.3, -0.25) is 0 Å². The lowest BCUT2D eigenvalue weighted by Gasteiger charge is -2.32. The number of carbonyl (C=O) groups excluding carboxylic acids is 1. The second-order valence-corrected chi connectivity index (χ2v) is 8.50. The Labute approximate surface area is 201 Å². The lowest BCUT2D eigenvalue weighted by Crippen LogP contribution is -2.45.